The highest BCUT2D eigenvalue weighted by Crippen LogP contribution is 2.35. The Morgan fingerprint density at radius 3 is 2.68 bits per heavy atom. The van der Waals surface area contributed by atoms with E-state index in [0.29, 0.717) is 30.9 Å². The van der Waals surface area contributed by atoms with Crippen molar-refractivity contribution >= 4 is 36.7 Å². The number of methoxy groups -OCH3 is 1. The standard InChI is InChI=1S/C28H30N4O4S2/c1-35-25-17-31(28-30-23-11-2-3-13-27(23)37-28)18-26(25)36-21-9-6-8-20(16-21)19-38(33,34)32-15-7-12-24(32)22-10-4-5-14-29-22/h2-6,8-11,13-14,16,24-26H,7,12,15,17-19H2,1H3. The van der Waals surface area contributed by atoms with E-state index in [1.807, 2.05) is 60.7 Å². The number of aromatic nitrogens is 2. The average molecular weight is 551 g/mol. The van der Waals surface area contributed by atoms with Crippen LogP contribution in [-0.4, -0.2) is 61.6 Å². The predicted octanol–water partition coefficient (Wildman–Crippen LogP) is 4.64. The fraction of sp³-hybridized carbons (Fsp3) is 0.357. The largest absolute Gasteiger partial charge is 0.486 e. The number of anilines is 1. The summed E-state index contributed by atoms with van der Waals surface area (Å²) >= 11 is 1.66. The molecule has 10 heteroatoms. The Balaban J connectivity index is 1.16. The second kappa shape index (κ2) is 10.6. The van der Waals surface area contributed by atoms with Gasteiger partial charge in [-0.2, -0.15) is 4.31 Å². The minimum Gasteiger partial charge on any atom is -0.486 e. The van der Waals surface area contributed by atoms with Crippen LogP contribution >= 0.6 is 11.3 Å². The van der Waals surface area contributed by atoms with Gasteiger partial charge in [-0.05, 0) is 54.8 Å². The number of fused-ring (bicyclic) bond motifs is 1. The van der Waals surface area contributed by atoms with Gasteiger partial charge in [-0.25, -0.2) is 13.4 Å². The van der Waals surface area contributed by atoms with Crippen LogP contribution in [0, 0.1) is 0 Å². The maximum Gasteiger partial charge on any atom is 0.218 e. The SMILES string of the molecule is COC1CN(c2nc3ccccc3s2)CC1Oc1cccc(CS(=O)(=O)N2CCCC2c2ccccn2)c1. The van der Waals surface area contributed by atoms with Gasteiger partial charge in [0.2, 0.25) is 10.0 Å². The topological polar surface area (TPSA) is 84.9 Å². The van der Waals surface area contributed by atoms with Gasteiger partial charge in [-0.1, -0.05) is 41.7 Å². The van der Waals surface area contributed by atoms with Gasteiger partial charge in [0.25, 0.3) is 0 Å². The molecule has 2 saturated heterocycles. The van der Waals surface area contributed by atoms with Crippen molar-refractivity contribution in [2.24, 2.45) is 0 Å². The van der Waals surface area contributed by atoms with E-state index >= 15 is 0 Å². The molecule has 0 saturated carbocycles. The molecule has 0 spiro atoms. The lowest BCUT2D eigenvalue weighted by Crippen LogP contribution is -2.32. The molecule has 38 heavy (non-hydrogen) atoms. The molecule has 6 rings (SSSR count). The number of thiazole rings is 1. The zero-order chi connectivity index (χ0) is 26.1. The molecule has 2 aliphatic rings. The summed E-state index contributed by atoms with van der Waals surface area (Å²) in [5.41, 5.74) is 2.49. The van der Waals surface area contributed by atoms with E-state index in [4.69, 9.17) is 14.5 Å². The summed E-state index contributed by atoms with van der Waals surface area (Å²) in [4.78, 5) is 11.4. The first-order chi connectivity index (χ1) is 18.5. The highest BCUT2D eigenvalue weighted by molar-refractivity contribution is 7.88. The number of rotatable bonds is 8. The molecule has 8 nitrogen and oxygen atoms in total. The highest BCUT2D eigenvalue weighted by Gasteiger charge is 2.37. The first-order valence-corrected chi connectivity index (χ1v) is 15.2. The van der Waals surface area contributed by atoms with Crippen LogP contribution in [0.15, 0.2) is 72.9 Å². The van der Waals surface area contributed by atoms with Gasteiger partial charge in [0.1, 0.15) is 18.0 Å². The van der Waals surface area contributed by atoms with Gasteiger partial charge < -0.3 is 14.4 Å². The van der Waals surface area contributed by atoms with Crippen molar-refractivity contribution in [2.45, 2.75) is 36.8 Å². The zero-order valence-corrected chi connectivity index (χ0v) is 22.8. The van der Waals surface area contributed by atoms with E-state index in [9.17, 15) is 8.42 Å². The van der Waals surface area contributed by atoms with Crippen LogP contribution in [0.4, 0.5) is 5.13 Å². The molecule has 2 aromatic heterocycles. The summed E-state index contributed by atoms with van der Waals surface area (Å²) in [6, 6.07) is 20.9. The molecule has 0 aliphatic carbocycles. The molecule has 3 unspecified atom stereocenters. The fourth-order valence-electron chi connectivity index (χ4n) is 5.35. The molecule has 2 fully saturated rings. The van der Waals surface area contributed by atoms with E-state index in [0.717, 1.165) is 33.9 Å². The number of sulfonamides is 1. The van der Waals surface area contributed by atoms with Gasteiger partial charge in [0, 0.05) is 19.9 Å². The molecule has 4 aromatic rings. The number of pyridine rings is 1. The summed E-state index contributed by atoms with van der Waals surface area (Å²) in [7, 11) is -1.84. The van der Waals surface area contributed by atoms with Crippen LogP contribution in [0.25, 0.3) is 10.2 Å². The van der Waals surface area contributed by atoms with Gasteiger partial charge in [0.05, 0.1) is 40.8 Å². The van der Waals surface area contributed by atoms with Crippen LogP contribution in [0.1, 0.15) is 30.1 Å². The van der Waals surface area contributed by atoms with E-state index in [1.165, 1.54) is 0 Å². The number of para-hydroxylation sites is 1. The Hall–Kier alpha value is -3.05. The Morgan fingerprint density at radius 1 is 1.03 bits per heavy atom. The van der Waals surface area contributed by atoms with E-state index in [2.05, 4.69) is 16.0 Å². The summed E-state index contributed by atoms with van der Waals surface area (Å²) in [5.74, 6) is 0.558. The van der Waals surface area contributed by atoms with Gasteiger partial charge >= 0.3 is 0 Å². The zero-order valence-electron chi connectivity index (χ0n) is 21.1. The molecule has 2 aromatic carbocycles. The quantitative estimate of drug-likeness (QED) is 0.316. The third kappa shape index (κ3) is 5.13. The molecule has 4 heterocycles. The number of hydrogen-bond acceptors (Lipinski definition) is 8. The van der Waals surface area contributed by atoms with Crippen LogP contribution in [-0.2, 0) is 20.5 Å². The van der Waals surface area contributed by atoms with Crippen molar-refractivity contribution in [3.8, 4) is 5.75 Å². The second-order valence-corrected chi connectivity index (χ2v) is 12.7. The smallest absolute Gasteiger partial charge is 0.218 e. The molecule has 0 amide bonds. The minimum absolute atomic E-state index is 0.0796. The molecule has 0 radical (unpaired) electrons. The molecule has 0 bridgehead atoms. The maximum atomic E-state index is 13.4. The Bertz CT molecular complexity index is 1480. The molecular formula is C28H30N4O4S2. The van der Waals surface area contributed by atoms with Crippen molar-refractivity contribution < 1.29 is 17.9 Å². The van der Waals surface area contributed by atoms with Gasteiger partial charge in [-0.15, -0.1) is 0 Å². The van der Waals surface area contributed by atoms with E-state index < -0.39 is 10.0 Å². The highest BCUT2D eigenvalue weighted by atomic mass is 32.2. The van der Waals surface area contributed by atoms with Crippen LogP contribution < -0.4 is 9.64 Å². The van der Waals surface area contributed by atoms with E-state index in [-0.39, 0.29) is 24.0 Å². The lowest BCUT2D eigenvalue weighted by atomic mass is 10.1. The molecule has 198 valence electrons. The third-order valence-electron chi connectivity index (χ3n) is 7.20. The van der Waals surface area contributed by atoms with Crippen molar-refractivity contribution in [1.29, 1.82) is 0 Å². The Morgan fingerprint density at radius 2 is 1.87 bits per heavy atom. The first kappa shape index (κ1) is 25.2. The predicted molar refractivity (Wildman–Crippen MR) is 149 cm³/mol. The molecule has 0 N–H and O–H groups in total. The van der Waals surface area contributed by atoms with Gasteiger partial charge in [0.15, 0.2) is 5.13 Å². The molecule has 2 aliphatic heterocycles. The van der Waals surface area contributed by atoms with Crippen LogP contribution in [0.2, 0.25) is 0 Å². The summed E-state index contributed by atoms with van der Waals surface area (Å²) in [6.45, 7) is 1.83. The summed E-state index contributed by atoms with van der Waals surface area (Å²) < 4.78 is 41.8. The van der Waals surface area contributed by atoms with Crippen molar-refractivity contribution in [2.75, 3.05) is 31.6 Å². The molecular weight excluding hydrogens is 520 g/mol. The summed E-state index contributed by atoms with van der Waals surface area (Å²) in [5, 5.41) is 0.951. The van der Waals surface area contributed by atoms with Crippen LogP contribution in [0.5, 0.6) is 5.75 Å². The average Bonchev–Trinajstić information content (AvgIpc) is 3.67. The first-order valence-electron chi connectivity index (χ1n) is 12.8. The monoisotopic (exact) mass is 550 g/mol. The van der Waals surface area contributed by atoms with Crippen molar-refractivity contribution in [3.05, 3.63) is 84.2 Å². The Labute approximate surface area is 226 Å². The van der Waals surface area contributed by atoms with Crippen molar-refractivity contribution in [1.82, 2.24) is 14.3 Å². The number of ether oxygens (including phenoxy) is 2. The lowest BCUT2D eigenvalue weighted by Gasteiger charge is -2.24. The third-order valence-corrected chi connectivity index (χ3v) is 10.1. The summed E-state index contributed by atoms with van der Waals surface area (Å²) in [6.07, 6.45) is 3.00. The normalized spacial score (nSPS) is 22.3. The molecule has 3 atom stereocenters. The van der Waals surface area contributed by atoms with E-state index in [1.54, 1.807) is 28.9 Å². The number of benzene rings is 2. The van der Waals surface area contributed by atoms with Gasteiger partial charge in [-0.3, -0.25) is 4.98 Å². The lowest BCUT2D eigenvalue weighted by molar-refractivity contribution is 0.0347. The Kier molecular flexibility index (Phi) is 7.05. The van der Waals surface area contributed by atoms with Crippen molar-refractivity contribution in [3.63, 3.8) is 0 Å². The number of hydrogen-bond donors (Lipinski definition) is 0. The second-order valence-electron chi connectivity index (χ2n) is 9.73. The van der Waals surface area contributed by atoms with Crippen LogP contribution in [0.3, 0.4) is 0 Å². The number of nitrogens with zero attached hydrogens (tertiary/aromatic N) is 4. The maximum absolute atomic E-state index is 13.4. The minimum atomic E-state index is -3.53. The fourth-order valence-corrected chi connectivity index (χ4v) is 8.11.